The summed E-state index contributed by atoms with van der Waals surface area (Å²) in [6, 6.07) is 9.49. The van der Waals surface area contributed by atoms with Crippen LogP contribution in [0.1, 0.15) is 47.8 Å². The minimum absolute atomic E-state index is 0.260. The third-order valence-electron chi connectivity index (χ3n) is 3.59. The van der Waals surface area contributed by atoms with Crippen molar-refractivity contribution in [2.75, 3.05) is 0 Å². The maximum absolute atomic E-state index is 12.4. The molecule has 5 heteroatoms. The number of benzene rings is 2. The molecule has 2 aromatic carbocycles. The predicted octanol–water partition coefficient (Wildman–Crippen LogP) is 2.22. The van der Waals surface area contributed by atoms with E-state index in [1.807, 2.05) is 6.07 Å². The normalized spacial score (nSPS) is 12.5. The quantitative estimate of drug-likeness (QED) is 0.752. The molecule has 0 spiro atoms. The lowest BCUT2D eigenvalue weighted by molar-refractivity contribution is 0.0651. The highest BCUT2D eigenvalue weighted by atomic mass is 16.4. The van der Waals surface area contributed by atoms with Gasteiger partial charge >= 0.3 is 11.9 Å². The summed E-state index contributed by atoms with van der Waals surface area (Å²) in [6.07, 6.45) is 0.414. The molecule has 1 aliphatic carbocycles. The summed E-state index contributed by atoms with van der Waals surface area (Å²) in [7, 11) is 0. The van der Waals surface area contributed by atoms with Crippen LogP contribution in [-0.2, 0) is 6.42 Å². The van der Waals surface area contributed by atoms with E-state index in [-0.39, 0.29) is 22.5 Å². The van der Waals surface area contributed by atoms with E-state index in [9.17, 15) is 14.4 Å². The molecule has 0 unspecified atom stereocenters. The summed E-state index contributed by atoms with van der Waals surface area (Å²) >= 11 is 0. The van der Waals surface area contributed by atoms with E-state index < -0.39 is 11.9 Å². The van der Waals surface area contributed by atoms with Crippen LogP contribution in [-0.4, -0.2) is 27.9 Å². The van der Waals surface area contributed by atoms with Crippen molar-refractivity contribution in [1.82, 2.24) is 0 Å². The first-order chi connectivity index (χ1) is 9.99. The summed E-state index contributed by atoms with van der Waals surface area (Å²) < 4.78 is 0. The average Bonchev–Trinajstić information content (AvgIpc) is 2.46. The van der Waals surface area contributed by atoms with Crippen molar-refractivity contribution in [2.24, 2.45) is 0 Å². The third-order valence-corrected chi connectivity index (χ3v) is 3.59. The molecule has 3 rings (SSSR count). The number of carbonyl (C=O) groups is 3. The zero-order chi connectivity index (χ0) is 15.1. The highest BCUT2D eigenvalue weighted by molar-refractivity contribution is 6.14. The lowest BCUT2D eigenvalue weighted by Gasteiger charge is -2.19. The average molecular weight is 282 g/mol. The van der Waals surface area contributed by atoms with Crippen LogP contribution >= 0.6 is 0 Å². The Morgan fingerprint density at radius 2 is 1.48 bits per heavy atom. The number of hydrogen-bond acceptors (Lipinski definition) is 3. The van der Waals surface area contributed by atoms with Gasteiger partial charge in [0.1, 0.15) is 0 Å². The van der Waals surface area contributed by atoms with Crippen LogP contribution in [0.5, 0.6) is 0 Å². The molecule has 0 bridgehead atoms. The Balaban J connectivity index is 2.24. The largest absolute Gasteiger partial charge is 0.478 e. The SMILES string of the molecule is O=C1c2ccccc2Cc2cc(C(=O)O)c(C(=O)O)cc21. The first-order valence-electron chi connectivity index (χ1n) is 6.25. The number of fused-ring (bicyclic) bond motifs is 2. The summed E-state index contributed by atoms with van der Waals surface area (Å²) in [4.78, 5) is 34.8. The molecule has 104 valence electrons. The monoisotopic (exact) mass is 282 g/mol. The van der Waals surface area contributed by atoms with E-state index in [0.717, 1.165) is 5.56 Å². The Bertz CT molecular complexity index is 804. The second kappa shape index (κ2) is 4.56. The van der Waals surface area contributed by atoms with Crippen molar-refractivity contribution in [3.63, 3.8) is 0 Å². The number of hydrogen-bond donors (Lipinski definition) is 2. The molecule has 0 amide bonds. The lowest BCUT2D eigenvalue weighted by Crippen LogP contribution is -2.18. The second-order valence-electron chi connectivity index (χ2n) is 4.83. The highest BCUT2D eigenvalue weighted by Gasteiger charge is 2.27. The molecule has 5 nitrogen and oxygen atoms in total. The van der Waals surface area contributed by atoms with Gasteiger partial charge in [-0.1, -0.05) is 24.3 Å². The van der Waals surface area contributed by atoms with Crippen molar-refractivity contribution in [3.8, 4) is 0 Å². The fourth-order valence-electron chi connectivity index (χ4n) is 2.60. The summed E-state index contributed by atoms with van der Waals surface area (Å²) in [5.41, 5.74) is 1.48. The van der Waals surface area contributed by atoms with E-state index in [4.69, 9.17) is 10.2 Å². The molecule has 2 aromatic rings. The van der Waals surface area contributed by atoms with Gasteiger partial charge in [0.2, 0.25) is 0 Å². The first kappa shape index (κ1) is 13.1. The molecular weight excluding hydrogens is 272 g/mol. The van der Waals surface area contributed by atoms with E-state index >= 15 is 0 Å². The second-order valence-corrected chi connectivity index (χ2v) is 4.83. The first-order valence-corrected chi connectivity index (χ1v) is 6.25. The minimum atomic E-state index is -1.36. The molecule has 0 atom stereocenters. The standard InChI is InChI=1S/C16H10O5/c17-14-10-4-2-1-3-8(10)5-9-6-12(15(18)19)13(16(20)21)7-11(9)14/h1-4,6-7H,5H2,(H,18,19)(H,20,21). The fraction of sp³-hybridized carbons (Fsp3) is 0.0625. The fourth-order valence-corrected chi connectivity index (χ4v) is 2.60. The molecule has 1 aliphatic rings. The van der Waals surface area contributed by atoms with Gasteiger partial charge in [-0.15, -0.1) is 0 Å². The number of carboxylic acid groups (broad SMARTS) is 2. The van der Waals surface area contributed by atoms with E-state index in [2.05, 4.69) is 0 Å². The minimum Gasteiger partial charge on any atom is -0.478 e. The van der Waals surface area contributed by atoms with E-state index in [1.54, 1.807) is 18.2 Å². The summed E-state index contributed by atoms with van der Waals surface area (Å²) in [5, 5.41) is 18.3. The van der Waals surface area contributed by atoms with Crippen molar-refractivity contribution in [1.29, 1.82) is 0 Å². The Morgan fingerprint density at radius 3 is 2.14 bits per heavy atom. The molecule has 21 heavy (non-hydrogen) atoms. The van der Waals surface area contributed by atoms with E-state index in [0.29, 0.717) is 17.5 Å². The van der Waals surface area contributed by atoms with Gasteiger partial charge < -0.3 is 10.2 Å². The molecule has 0 heterocycles. The van der Waals surface area contributed by atoms with Gasteiger partial charge in [0.15, 0.2) is 5.78 Å². The molecule has 0 saturated heterocycles. The Labute approximate surface area is 119 Å². The lowest BCUT2D eigenvalue weighted by atomic mass is 9.83. The molecule has 0 saturated carbocycles. The van der Waals surface area contributed by atoms with Crippen LogP contribution < -0.4 is 0 Å². The maximum atomic E-state index is 12.4. The maximum Gasteiger partial charge on any atom is 0.336 e. The zero-order valence-electron chi connectivity index (χ0n) is 10.8. The Kier molecular flexibility index (Phi) is 2.83. The molecule has 0 radical (unpaired) electrons. The van der Waals surface area contributed by atoms with Crippen LogP contribution in [0.2, 0.25) is 0 Å². The zero-order valence-corrected chi connectivity index (χ0v) is 10.8. The van der Waals surface area contributed by atoms with E-state index in [1.165, 1.54) is 12.1 Å². The highest BCUT2D eigenvalue weighted by Crippen LogP contribution is 2.29. The number of ketones is 1. The van der Waals surface area contributed by atoms with Gasteiger partial charge in [-0.05, 0) is 29.7 Å². The van der Waals surface area contributed by atoms with Gasteiger partial charge in [0.05, 0.1) is 11.1 Å². The van der Waals surface area contributed by atoms with Crippen molar-refractivity contribution >= 4 is 17.7 Å². The number of rotatable bonds is 2. The van der Waals surface area contributed by atoms with Crippen LogP contribution in [0.15, 0.2) is 36.4 Å². The van der Waals surface area contributed by atoms with Gasteiger partial charge in [-0.3, -0.25) is 4.79 Å². The van der Waals surface area contributed by atoms with Crippen molar-refractivity contribution in [3.05, 3.63) is 69.8 Å². The smallest absolute Gasteiger partial charge is 0.336 e. The molecular formula is C16H10O5. The van der Waals surface area contributed by atoms with Gasteiger partial charge in [-0.2, -0.15) is 0 Å². The van der Waals surface area contributed by atoms with Crippen LogP contribution in [0.25, 0.3) is 0 Å². The summed E-state index contributed by atoms with van der Waals surface area (Å²) in [6.45, 7) is 0. The van der Waals surface area contributed by atoms with Crippen LogP contribution in [0, 0.1) is 0 Å². The van der Waals surface area contributed by atoms with Gasteiger partial charge in [0, 0.05) is 11.1 Å². The number of carboxylic acids is 2. The van der Waals surface area contributed by atoms with Gasteiger partial charge in [-0.25, -0.2) is 9.59 Å². The van der Waals surface area contributed by atoms with Crippen LogP contribution in [0.3, 0.4) is 0 Å². The molecule has 0 fully saturated rings. The van der Waals surface area contributed by atoms with Crippen molar-refractivity contribution in [2.45, 2.75) is 6.42 Å². The topological polar surface area (TPSA) is 91.7 Å². The summed E-state index contributed by atoms with van der Waals surface area (Å²) in [5.74, 6) is -2.95. The molecule has 2 N–H and O–H groups in total. The molecule has 0 aromatic heterocycles. The third kappa shape index (κ3) is 1.99. The number of carbonyl (C=O) groups excluding carboxylic acids is 1. The van der Waals surface area contributed by atoms with Gasteiger partial charge in [0.25, 0.3) is 0 Å². The Hall–Kier alpha value is -2.95. The Morgan fingerprint density at radius 1 is 0.857 bits per heavy atom. The number of aromatic carboxylic acids is 2. The van der Waals surface area contributed by atoms with Crippen molar-refractivity contribution < 1.29 is 24.6 Å². The predicted molar refractivity (Wildman–Crippen MR) is 73.0 cm³/mol. The van der Waals surface area contributed by atoms with Crippen LogP contribution in [0.4, 0.5) is 0 Å². The molecule has 0 aliphatic heterocycles.